The zero-order valence-corrected chi connectivity index (χ0v) is 40.4. The number of carbonyl (C=O) groups is 1. The molecule has 7 aromatic rings. The van der Waals surface area contributed by atoms with Crippen LogP contribution in [0.4, 0.5) is 0 Å². The smallest absolute Gasteiger partial charge is 0.349 e. The molecule has 1 saturated carbocycles. The number of aromatic hydroxyl groups is 1. The summed E-state index contributed by atoms with van der Waals surface area (Å²) in [4.78, 5) is 32.5. The van der Waals surface area contributed by atoms with Crippen molar-refractivity contribution < 1.29 is 24.2 Å². The lowest BCUT2D eigenvalue weighted by molar-refractivity contribution is -0.191. The highest BCUT2D eigenvalue weighted by atomic mass is 32.1. The monoisotopic (exact) mass is 930 g/mol. The molecule has 1 spiro atoms. The van der Waals surface area contributed by atoms with Crippen LogP contribution in [0.2, 0.25) is 18.1 Å². The Labute approximate surface area is 387 Å². The summed E-state index contributed by atoms with van der Waals surface area (Å²) in [6.07, 6.45) is 5.25. The second-order valence-electron chi connectivity index (χ2n) is 20.1. The first-order valence-corrected chi connectivity index (χ1v) is 27.5. The number of ether oxygens (including phenoxy) is 1. The van der Waals surface area contributed by atoms with Gasteiger partial charge in [-0.15, -0.1) is 27.8 Å². The van der Waals surface area contributed by atoms with E-state index in [9.17, 15) is 19.8 Å². The second kappa shape index (κ2) is 16.8. The van der Waals surface area contributed by atoms with Gasteiger partial charge in [0.25, 0.3) is 0 Å². The molecule has 2 aliphatic carbocycles. The molecular formula is C50H58N6O6S2Si. The van der Waals surface area contributed by atoms with Crippen molar-refractivity contribution in [2.24, 2.45) is 5.41 Å². The van der Waals surface area contributed by atoms with Crippen LogP contribution in [0.3, 0.4) is 0 Å². The van der Waals surface area contributed by atoms with Crippen LogP contribution < -0.4 is 10.9 Å². The average molecular weight is 931 g/mol. The van der Waals surface area contributed by atoms with Crippen LogP contribution in [0.5, 0.6) is 5.75 Å². The molecule has 15 heteroatoms. The summed E-state index contributed by atoms with van der Waals surface area (Å²) >= 11 is 2.81. The van der Waals surface area contributed by atoms with E-state index in [-0.39, 0.29) is 34.0 Å². The predicted molar refractivity (Wildman–Crippen MR) is 260 cm³/mol. The van der Waals surface area contributed by atoms with Crippen LogP contribution in [-0.4, -0.2) is 81.7 Å². The first kappa shape index (κ1) is 44.1. The van der Waals surface area contributed by atoms with Crippen LogP contribution in [0.1, 0.15) is 84.6 Å². The molecular weight excluding hydrogens is 873 g/mol. The van der Waals surface area contributed by atoms with Crippen LogP contribution in [-0.2, 0) is 45.5 Å². The van der Waals surface area contributed by atoms with Gasteiger partial charge in [0.15, 0.2) is 8.32 Å². The van der Waals surface area contributed by atoms with Crippen molar-refractivity contribution in [3.05, 3.63) is 121 Å². The molecule has 340 valence electrons. The molecule has 1 saturated heterocycles. The van der Waals surface area contributed by atoms with Gasteiger partial charge in [0.2, 0.25) is 11.2 Å². The standard InChI is InChI=1S/C50H58N6O6S2Si/c1-48(2,3)65(4,5)62-40(35-16-18-39(57)45-36(35)17-19-44(58)52-45)28-51-27-32-23-38-46(37-13-8-12-34(32)37)56(54-53-38)21-10-20-55-29-49(30-55)25-33(26-49)61-47(59)50(60,42-15-9-22-63-42)43-24-31-11-6-7-14-41(31)64-43/h6-7,9,11,14-19,22-24,33,40,51,57,60H,8,10,12-13,20-21,25-30H2,1-5H3,(H,52,58)/t40-,50+/m0/s1. The number of nitrogens with one attached hydrogen (secondary N) is 2. The minimum absolute atomic E-state index is 0.0120. The third-order valence-electron chi connectivity index (χ3n) is 14.6. The van der Waals surface area contributed by atoms with Gasteiger partial charge in [0.1, 0.15) is 17.4 Å². The number of hydrogen-bond acceptors (Lipinski definition) is 12. The van der Waals surface area contributed by atoms with Gasteiger partial charge < -0.3 is 34.6 Å². The third-order valence-corrected chi connectivity index (χ3v) is 21.3. The quantitative estimate of drug-likeness (QED) is 0.0579. The molecule has 2 atom stereocenters. The van der Waals surface area contributed by atoms with E-state index in [0.717, 1.165) is 96.8 Å². The number of likely N-dealkylation sites (tertiary alicyclic amines) is 1. The van der Waals surface area contributed by atoms with Crippen LogP contribution >= 0.6 is 22.7 Å². The SMILES string of the molecule is CC(C)(C)[Si](C)(C)O[C@@H](CNCc1cc2nnn(CCCN3CC4(CC(OC(=O)[C@@](O)(c5cccs5)c5cc6ccccc6s5)C4)C3)c2c2c1CCC2)c1ccc(O)c2[nH]c(=O)ccc12. The van der Waals surface area contributed by atoms with E-state index < -0.39 is 19.9 Å². The lowest BCUT2D eigenvalue weighted by atomic mass is 9.61. The van der Waals surface area contributed by atoms with Crippen LogP contribution in [0.15, 0.2) is 83.0 Å². The summed E-state index contributed by atoms with van der Waals surface area (Å²) in [5.74, 6) is -0.544. The van der Waals surface area contributed by atoms with Crippen molar-refractivity contribution in [1.82, 2.24) is 30.2 Å². The number of phenolic OH excluding ortho intramolecular Hbond substituents is 1. The van der Waals surface area contributed by atoms with Gasteiger partial charge in [0, 0.05) is 54.3 Å². The number of aryl methyl sites for hydroxylation is 2. The number of esters is 1. The van der Waals surface area contributed by atoms with Crippen LogP contribution in [0.25, 0.3) is 32.0 Å². The van der Waals surface area contributed by atoms with Gasteiger partial charge in [-0.3, -0.25) is 4.79 Å². The molecule has 4 N–H and O–H groups in total. The van der Waals surface area contributed by atoms with E-state index in [0.29, 0.717) is 28.4 Å². The van der Waals surface area contributed by atoms with E-state index >= 15 is 0 Å². The highest BCUT2D eigenvalue weighted by Crippen LogP contribution is 2.51. The van der Waals surface area contributed by atoms with Crippen molar-refractivity contribution in [3.8, 4) is 5.75 Å². The van der Waals surface area contributed by atoms with E-state index in [2.05, 4.69) is 70.1 Å². The Morgan fingerprint density at radius 1 is 1.02 bits per heavy atom. The number of H-pyrrole nitrogens is 1. The number of nitrogens with zero attached hydrogens (tertiary/aromatic N) is 4. The van der Waals surface area contributed by atoms with Crippen molar-refractivity contribution in [2.45, 2.75) is 108 Å². The van der Waals surface area contributed by atoms with Crippen molar-refractivity contribution >= 4 is 69.0 Å². The Bertz CT molecular complexity index is 2930. The Morgan fingerprint density at radius 3 is 2.58 bits per heavy atom. The molecule has 0 radical (unpaired) electrons. The Morgan fingerprint density at radius 2 is 1.82 bits per heavy atom. The largest absolute Gasteiger partial charge is 0.506 e. The summed E-state index contributed by atoms with van der Waals surface area (Å²) in [5, 5.41) is 39.4. The van der Waals surface area contributed by atoms with Crippen molar-refractivity contribution in [2.75, 3.05) is 26.2 Å². The lowest BCUT2D eigenvalue weighted by Crippen LogP contribution is -2.64. The molecule has 4 aromatic heterocycles. The molecule has 0 bridgehead atoms. The molecule has 3 aromatic carbocycles. The second-order valence-corrected chi connectivity index (χ2v) is 26.9. The Balaban J connectivity index is 0.753. The summed E-state index contributed by atoms with van der Waals surface area (Å²) in [7, 11) is -2.22. The number of rotatable bonds is 15. The first-order valence-electron chi connectivity index (χ1n) is 22.9. The van der Waals surface area contributed by atoms with Gasteiger partial charge >= 0.3 is 5.97 Å². The number of phenols is 1. The number of carbonyl (C=O) groups excluding carboxylic acids is 1. The molecule has 65 heavy (non-hydrogen) atoms. The number of fused-ring (bicyclic) bond motifs is 5. The van der Waals surface area contributed by atoms with Gasteiger partial charge in [0.05, 0.1) is 26.9 Å². The molecule has 3 aliphatic rings. The number of aromatic nitrogens is 4. The molecule has 1 aliphatic heterocycles. The number of pyridine rings is 1. The molecule has 0 unspecified atom stereocenters. The summed E-state index contributed by atoms with van der Waals surface area (Å²) in [5.41, 5.74) is 5.54. The molecule has 12 nitrogen and oxygen atoms in total. The number of aliphatic hydroxyl groups is 1. The molecule has 5 heterocycles. The van der Waals surface area contributed by atoms with E-state index in [1.165, 1.54) is 45.4 Å². The predicted octanol–water partition coefficient (Wildman–Crippen LogP) is 8.93. The van der Waals surface area contributed by atoms with Crippen LogP contribution in [0, 0.1) is 5.41 Å². The van der Waals surface area contributed by atoms with Gasteiger partial charge in [-0.2, -0.15) is 0 Å². The zero-order valence-electron chi connectivity index (χ0n) is 37.8. The lowest BCUT2D eigenvalue weighted by Gasteiger charge is -2.58. The van der Waals surface area contributed by atoms with E-state index in [1.54, 1.807) is 12.1 Å². The number of aromatic amines is 1. The number of hydrogen-bond donors (Lipinski definition) is 4. The maximum Gasteiger partial charge on any atom is 0.349 e. The summed E-state index contributed by atoms with van der Waals surface area (Å²) in [6.45, 7) is 16.2. The maximum atomic E-state index is 13.8. The summed E-state index contributed by atoms with van der Waals surface area (Å²) < 4.78 is 16.3. The molecule has 0 amide bonds. The number of benzene rings is 3. The Hall–Kier alpha value is -4.74. The topological polar surface area (TPSA) is 155 Å². The van der Waals surface area contributed by atoms with Gasteiger partial charge in [-0.05, 0) is 133 Å². The van der Waals surface area contributed by atoms with Gasteiger partial charge in [-0.1, -0.05) is 56.3 Å². The van der Waals surface area contributed by atoms with Crippen molar-refractivity contribution in [1.29, 1.82) is 0 Å². The third kappa shape index (κ3) is 8.16. The summed E-state index contributed by atoms with van der Waals surface area (Å²) in [6, 6.07) is 22.6. The highest BCUT2D eigenvalue weighted by molar-refractivity contribution is 7.19. The number of thiophene rings is 2. The normalized spacial score (nSPS) is 17.9. The maximum absolute atomic E-state index is 13.8. The van der Waals surface area contributed by atoms with E-state index in [1.807, 2.05) is 53.9 Å². The minimum atomic E-state index is -2.22. The average Bonchev–Trinajstić information content (AvgIpc) is 4.08. The Kier molecular flexibility index (Phi) is 11.4. The fraction of sp³-hybridized carbons (Fsp3) is 0.440. The molecule has 10 rings (SSSR count). The van der Waals surface area contributed by atoms with Crippen molar-refractivity contribution in [3.63, 3.8) is 0 Å². The zero-order chi connectivity index (χ0) is 45.3. The van der Waals surface area contributed by atoms with E-state index in [4.69, 9.17) is 9.16 Å². The molecule has 2 fully saturated rings. The van der Waals surface area contributed by atoms with Gasteiger partial charge in [-0.25, -0.2) is 9.48 Å². The minimum Gasteiger partial charge on any atom is -0.506 e. The fourth-order valence-corrected chi connectivity index (χ4v) is 13.6. The highest BCUT2D eigenvalue weighted by Gasteiger charge is 2.55. The fourth-order valence-electron chi connectivity index (χ4n) is 10.2. The first-order chi connectivity index (χ1) is 31.1.